The van der Waals surface area contributed by atoms with Crippen molar-refractivity contribution >= 4 is 23.0 Å². The topological polar surface area (TPSA) is 55.2 Å². The minimum Gasteiger partial charge on any atom is -0.381 e. The molecule has 20 heavy (non-hydrogen) atoms. The van der Waals surface area contributed by atoms with E-state index in [1.54, 1.807) is 12.1 Å². The van der Waals surface area contributed by atoms with E-state index in [1.807, 2.05) is 32.0 Å². The summed E-state index contributed by atoms with van der Waals surface area (Å²) in [4.78, 5) is 10.6. The van der Waals surface area contributed by atoms with Crippen LogP contribution in [0.4, 0.5) is 11.4 Å². The fraction of sp³-hybridized carbons (Fsp3) is 0.200. The van der Waals surface area contributed by atoms with Gasteiger partial charge in [-0.1, -0.05) is 23.7 Å². The monoisotopic (exact) mass is 290 g/mol. The van der Waals surface area contributed by atoms with Gasteiger partial charge in [-0.15, -0.1) is 0 Å². The molecule has 0 fully saturated rings. The third-order valence-corrected chi connectivity index (χ3v) is 3.62. The molecule has 2 rings (SSSR count). The molecule has 0 aliphatic rings. The van der Waals surface area contributed by atoms with Crippen LogP contribution in [0.15, 0.2) is 36.4 Å². The molecule has 0 aliphatic carbocycles. The third-order valence-electron chi connectivity index (χ3n) is 3.27. The highest BCUT2D eigenvalue weighted by atomic mass is 35.5. The molecule has 2 aromatic carbocycles. The summed E-state index contributed by atoms with van der Waals surface area (Å²) in [6.45, 7) is 4.38. The molecular weight excluding hydrogens is 276 g/mol. The summed E-state index contributed by atoms with van der Waals surface area (Å²) < 4.78 is 0. The molecule has 0 bridgehead atoms. The highest BCUT2D eigenvalue weighted by Crippen LogP contribution is 2.27. The van der Waals surface area contributed by atoms with Crippen LogP contribution in [0.1, 0.15) is 16.7 Å². The Bertz CT molecular complexity index is 656. The maximum atomic E-state index is 11.0. The Morgan fingerprint density at radius 2 is 1.95 bits per heavy atom. The van der Waals surface area contributed by atoms with Gasteiger partial charge in [0.15, 0.2) is 0 Å². The van der Waals surface area contributed by atoms with E-state index >= 15 is 0 Å². The first-order chi connectivity index (χ1) is 9.49. The van der Waals surface area contributed by atoms with E-state index in [1.165, 1.54) is 17.2 Å². The molecule has 2 aromatic rings. The lowest BCUT2D eigenvalue weighted by Crippen LogP contribution is -2.04. The van der Waals surface area contributed by atoms with Crippen LogP contribution in [0.25, 0.3) is 0 Å². The van der Waals surface area contributed by atoms with Gasteiger partial charge in [0.05, 0.1) is 15.5 Å². The number of nitro groups is 1. The number of halogens is 1. The van der Waals surface area contributed by atoms with Crippen molar-refractivity contribution in [3.63, 3.8) is 0 Å². The van der Waals surface area contributed by atoms with E-state index < -0.39 is 4.92 Å². The second-order valence-electron chi connectivity index (χ2n) is 4.65. The molecule has 0 atom stereocenters. The first-order valence-corrected chi connectivity index (χ1v) is 6.59. The lowest BCUT2D eigenvalue weighted by molar-refractivity contribution is -0.385. The second-order valence-corrected chi connectivity index (χ2v) is 5.05. The van der Waals surface area contributed by atoms with Gasteiger partial charge in [0.1, 0.15) is 0 Å². The van der Waals surface area contributed by atoms with Crippen molar-refractivity contribution in [2.45, 2.75) is 20.4 Å². The zero-order valence-electron chi connectivity index (χ0n) is 11.3. The van der Waals surface area contributed by atoms with Crippen LogP contribution in [0, 0.1) is 24.0 Å². The largest absolute Gasteiger partial charge is 0.381 e. The standard InChI is InChI=1S/C15H15ClN2O2/c1-10-6-7-12(8-11(10)2)17-9-13-14(16)4-3-5-15(13)18(19)20/h3-8,17H,9H2,1-2H3. The molecule has 1 N–H and O–H groups in total. The number of benzene rings is 2. The van der Waals surface area contributed by atoms with Crippen LogP contribution in [-0.2, 0) is 6.54 Å². The Morgan fingerprint density at radius 1 is 1.20 bits per heavy atom. The molecule has 104 valence electrons. The Morgan fingerprint density at radius 3 is 2.60 bits per heavy atom. The van der Waals surface area contributed by atoms with Gasteiger partial charge in [0.2, 0.25) is 0 Å². The summed E-state index contributed by atoms with van der Waals surface area (Å²) in [5.41, 5.74) is 3.83. The van der Waals surface area contributed by atoms with Crippen molar-refractivity contribution < 1.29 is 4.92 Å². The van der Waals surface area contributed by atoms with E-state index in [0.29, 0.717) is 17.1 Å². The quantitative estimate of drug-likeness (QED) is 0.667. The minimum atomic E-state index is -0.413. The van der Waals surface area contributed by atoms with E-state index in [2.05, 4.69) is 5.32 Å². The fourth-order valence-corrected chi connectivity index (χ4v) is 2.17. The van der Waals surface area contributed by atoms with Crippen LogP contribution in [0.3, 0.4) is 0 Å². The zero-order valence-corrected chi connectivity index (χ0v) is 12.1. The van der Waals surface area contributed by atoms with Gasteiger partial charge in [-0.2, -0.15) is 0 Å². The smallest absolute Gasteiger partial charge is 0.275 e. The SMILES string of the molecule is Cc1ccc(NCc2c(Cl)cccc2[N+](=O)[O-])cc1C. The Labute approximate surface area is 122 Å². The highest BCUT2D eigenvalue weighted by molar-refractivity contribution is 6.31. The molecule has 0 radical (unpaired) electrons. The molecule has 0 saturated heterocycles. The molecule has 0 aliphatic heterocycles. The predicted octanol–water partition coefficient (Wildman–Crippen LogP) is 4.48. The van der Waals surface area contributed by atoms with Crippen LogP contribution < -0.4 is 5.32 Å². The maximum Gasteiger partial charge on any atom is 0.275 e. The summed E-state index contributed by atoms with van der Waals surface area (Å²) >= 11 is 6.05. The van der Waals surface area contributed by atoms with E-state index in [9.17, 15) is 10.1 Å². The van der Waals surface area contributed by atoms with Gasteiger partial charge in [-0.3, -0.25) is 10.1 Å². The lowest BCUT2D eigenvalue weighted by atomic mass is 10.1. The van der Waals surface area contributed by atoms with Gasteiger partial charge in [0.25, 0.3) is 5.69 Å². The van der Waals surface area contributed by atoms with Crippen LogP contribution in [-0.4, -0.2) is 4.92 Å². The molecule has 0 saturated carbocycles. The van der Waals surface area contributed by atoms with Gasteiger partial charge in [0, 0.05) is 18.3 Å². The summed E-state index contributed by atoms with van der Waals surface area (Å²) in [6, 6.07) is 10.7. The fourth-order valence-electron chi connectivity index (χ4n) is 1.94. The number of hydrogen-bond acceptors (Lipinski definition) is 3. The Balaban J connectivity index is 2.22. The van der Waals surface area contributed by atoms with Gasteiger partial charge < -0.3 is 5.32 Å². The summed E-state index contributed by atoms with van der Waals surface area (Å²) in [7, 11) is 0. The number of nitrogens with one attached hydrogen (secondary N) is 1. The van der Waals surface area contributed by atoms with Gasteiger partial charge in [-0.25, -0.2) is 0 Å². The number of anilines is 1. The van der Waals surface area contributed by atoms with Crippen molar-refractivity contribution in [2.24, 2.45) is 0 Å². The minimum absolute atomic E-state index is 0.0360. The van der Waals surface area contributed by atoms with E-state index in [-0.39, 0.29) is 5.69 Å². The predicted molar refractivity (Wildman–Crippen MR) is 81.3 cm³/mol. The number of aryl methyl sites for hydroxylation is 2. The lowest BCUT2D eigenvalue weighted by Gasteiger charge is -2.10. The normalized spacial score (nSPS) is 10.3. The molecule has 0 unspecified atom stereocenters. The van der Waals surface area contributed by atoms with E-state index in [0.717, 1.165) is 5.69 Å². The van der Waals surface area contributed by atoms with E-state index in [4.69, 9.17) is 11.6 Å². The maximum absolute atomic E-state index is 11.0. The summed E-state index contributed by atoms with van der Waals surface area (Å²) in [6.07, 6.45) is 0. The molecule has 0 spiro atoms. The first-order valence-electron chi connectivity index (χ1n) is 6.22. The Kier molecular flexibility index (Phi) is 4.25. The molecular formula is C15H15ClN2O2. The number of nitro benzene ring substituents is 1. The number of nitrogens with zero attached hydrogens (tertiary/aromatic N) is 1. The van der Waals surface area contributed by atoms with Crippen molar-refractivity contribution in [1.29, 1.82) is 0 Å². The first kappa shape index (κ1) is 14.3. The van der Waals surface area contributed by atoms with Crippen LogP contribution in [0.5, 0.6) is 0 Å². The molecule has 0 amide bonds. The van der Waals surface area contributed by atoms with Crippen molar-refractivity contribution in [1.82, 2.24) is 0 Å². The molecule has 0 heterocycles. The third kappa shape index (κ3) is 3.08. The summed E-state index contributed by atoms with van der Waals surface area (Å²) in [5.74, 6) is 0. The van der Waals surface area contributed by atoms with Crippen molar-refractivity contribution in [3.8, 4) is 0 Å². The highest BCUT2D eigenvalue weighted by Gasteiger charge is 2.16. The van der Waals surface area contributed by atoms with Crippen molar-refractivity contribution in [2.75, 3.05) is 5.32 Å². The van der Waals surface area contributed by atoms with Gasteiger partial charge in [-0.05, 0) is 43.2 Å². The second kappa shape index (κ2) is 5.92. The molecule has 4 nitrogen and oxygen atoms in total. The number of hydrogen-bond donors (Lipinski definition) is 1. The summed E-state index contributed by atoms with van der Waals surface area (Å²) in [5, 5.41) is 14.6. The van der Waals surface area contributed by atoms with Crippen LogP contribution >= 0.6 is 11.6 Å². The molecule has 0 aromatic heterocycles. The zero-order chi connectivity index (χ0) is 14.7. The van der Waals surface area contributed by atoms with Gasteiger partial charge >= 0.3 is 0 Å². The Hall–Kier alpha value is -2.07. The van der Waals surface area contributed by atoms with Crippen LogP contribution in [0.2, 0.25) is 5.02 Å². The average molecular weight is 291 g/mol. The average Bonchev–Trinajstić information content (AvgIpc) is 2.40. The molecule has 5 heteroatoms. The van der Waals surface area contributed by atoms with Crippen molar-refractivity contribution in [3.05, 3.63) is 68.2 Å². The number of rotatable bonds is 4.